The van der Waals surface area contributed by atoms with Crippen LogP contribution in [0.3, 0.4) is 0 Å². The van der Waals surface area contributed by atoms with Crippen LogP contribution < -0.4 is 28.2 Å². The van der Waals surface area contributed by atoms with Gasteiger partial charge in [0.05, 0.1) is 33.5 Å². The number of fused-ring (bicyclic) bond motifs is 1. The molecule has 0 fully saturated rings. The zero-order valence-corrected chi connectivity index (χ0v) is 23.5. The Labute approximate surface area is 230 Å². The molecule has 38 heavy (non-hydrogen) atoms. The highest BCUT2D eigenvalue weighted by molar-refractivity contribution is 5.85. The number of likely N-dealkylation sites (N-methyl/N-ethyl adjacent to an activating group) is 1. The summed E-state index contributed by atoms with van der Waals surface area (Å²) in [5.41, 5.74) is -1.17. The maximum Gasteiger partial charge on any atom is 0.347 e. The number of aryl methyl sites for hydroxylation is 1. The monoisotopic (exact) mass is 585 g/mol. The van der Waals surface area contributed by atoms with E-state index >= 15 is 0 Å². The Balaban J connectivity index is 0.00000400. The number of hydrogen-bond acceptors (Lipinski definition) is 6. The standard InChI is InChI=1S/C27H32N5O5.BrH/c1-29-23-22(24(33)30(2)26(29)35)31(19-28-23)15-16-32(3,4)17-18-37-25(34)27(36,20-11-7-5-8-12-20)21-13-9-6-10-14-21;/h5-14,19,36H,15-18H2,1-4H3;1H/q+1;/p-1. The number of hydrogen-bond donors (Lipinski definition) is 1. The molecular formula is C27H32BrN5O5. The van der Waals surface area contributed by atoms with E-state index in [1.54, 1.807) is 66.5 Å². The number of nitrogens with zero attached hydrogens (tertiary/aromatic N) is 5. The summed E-state index contributed by atoms with van der Waals surface area (Å²) in [5.74, 6) is -0.741. The second-order valence-electron chi connectivity index (χ2n) is 9.78. The van der Waals surface area contributed by atoms with Crippen LogP contribution in [0.4, 0.5) is 0 Å². The van der Waals surface area contributed by atoms with Crippen molar-refractivity contribution in [3.05, 3.63) is 99.0 Å². The lowest BCUT2D eigenvalue weighted by Gasteiger charge is -2.31. The fraction of sp³-hybridized carbons (Fsp3) is 0.333. The van der Waals surface area contributed by atoms with Gasteiger partial charge in [-0.25, -0.2) is 14.6 Å². The molecule has 0 bridgehead atoms. The van der Waals surface area contributed by atoms with Crippen molar-refractivity contribution in [2.75, 3.05) is 33.8 Å². The van der Waals surface area contributed by atoms with Gasteiger partial charge in [0.1, 0.15) is 13.2 Å². The third-order valence-corrected chi connectivity index (χ3v) is 6.77. The quantitative estimate of drug-likeness (QED) is 0.180. The van der Waals surface area contributed by atoms with Gasteiger partial charge < -0.3 is 35.9 Å². The van der Waals surface area contributed by atoms with E-state index in [2.05, 4.69) is 4.98 Å². The van der Waals surface area contributed by atoms with Crippen LogP contribution in [0.25, 0.3) is 11.2 Å². The smallest absolute Gasteiger partial charge is 0.347 e. The van der Waals surface area contributed by atoms with Gasteiger partial charge in [-0.3, -0.25) is 13.9 Å². The molecule has 4 aromatic rings. The molecule has 0 aliphatic carbocycles. The van der Waals surface area contributed by atoms with E-state index in [0.29, 0.717) is 46.4 Å². The summed E-state index contributed by atoms with van der Waals surface area (Å²) in [6.45, 7) is 1.66. The van der Waals surface area contributed by atoms with Gasteiger partial charge in [-0.2, -0.15) is 0 Å². The number of ether oxygens (including phenoxy) is 1. The van der Waals surface area contributed by atoms with Crippen molar-refractivity contribution < 1.29 is 36.1 Å². The maximum atomic E-state index is 13.2. The number of quaternary nitrogens is 1. The van der Waals surface area contributed by atoms with Crippen LogP contribution in [0.2, 0.25) is 0 Å². The van der Waals surface area contributed by atoms with Gasteiger partial charge in [-0.15, -0.1) is 0 Å². The van der Waals surface area contributed by atoms with Crippen molar-refractivity contribution >= 4 is 17.1 Å². The first-order chi connectivity index (χ1) is 17.6. The fourth-order valence-electron chi connectivity index (χ4n) is 4.31. The summed E-state index contributed by atoms with van der Waals surface area (Å²) in [4.78, 5) is 42.3. The van der Waals surface area contributed by atoms with Crippen LogP contribution in [0.1, 0.15) is 11.1 Å². The highest BCUT2D eigenvalue weighted by atomic mass is 79.9. The third kappa shape index (κ3) is 5.50. The number of carbonyl (C=O) groups is 1. The first-order valence-electron chi connectivity index (χ1n) is 12.0. The minimum Gasteiger partial charge on any atom is -1.00 e. The number of rotatable bonds is 9. The predicted octanol–water partition coefficient (Wildman–Crippen LogP) is -2.01. The van der Waals surface area contributed by atoms with Crippen molar-refractivity contribution in [3.8, 4) is 0 Å². The molecule has 0 atom stereocenters. The average Bonchev–Trinajstić information content (AvgIpc) is 3.34. The number of aromatic nitrogens is 4. The van der Waals surface area contributed by atoms with Gasteiger partial charge in [-0.05, 0) is 11.1 Å². The highest BCUT2D eigenvalue weighted by Crippen LogP contribution is 2.31. The summed E-state index contributed by atoms with van der Waals surface area (Å²) in [6, 6.07) is 17.5. The van der Waals surface area contributed by atoms with E-state index in [1.807, 2.05) is 26.2 Å². The van der Waals surface area contributed by atoms with E-state index in [9.17, 15) is 19.5 Å². The largest absolute Gasteiger partial charge is 1.00 e. The Morgan fingerprint density at radius 3 is 2.05 bits per heavy atom. The molecule has 0 aliphatic heterocycles. The lowest BCUT2D eigenvalue weighted by atomic mass is 9.86. The molecule has 4 rings (SSSR count). The number of carbonyl (C=O) groups excluding carboxylic acids is 1. The predicted molar refractivity (Wildman–Crippen MR) is 139 cm³/mol. The molecule has 0 saturated heterocycles. The van der Waals surface area contributed by atoms with Gasteiger partial charge in [0.25, 0.3) is 5.56 Å². The number of halogens is 1. The Morgan fingerprint density at radius 2 is 1.50 bits per heavy atom. The van der Waals surface area contributed by atoms with Crippen molar-refractivity contribution in [1.29, 1.82) is 0 Å². The van der Waals surface area contributed by atoms with E-state index in [1.165, 1.54) is 11.6 Å². The van der Waals surface area contributed by atoms with Crippen LogP contribution in [0.5, 0.6) is 0 Å². The lowest BCUT2D eigenvalue weighted by Crippen LogP contribution is -3.00. The van der Waals surface area contributed by atoms with Gasteiger partial charge in [-0.1, -0.05) is 60.7 Å². The van der Waals surface area contributed by atoms with Gasteiger partial charge >= 0.3 is 11.7 Å². The summed E-state index contributed by atoms with van der Waals surface area (Å²) in [7, 11) is 7.01. The van der Waals surface area contributed by atoms with Crippen molar-refractivity contribution in [2.45, 2.75) is 12.1 Å². The Hall–Kier alpha value is -3.54. The van der Waals surface area contributed by atoms with Crippen molar-refractivity contribution in [1.82, 2.24) is 18.7 Å². The van der Waals surface area contributed by atoms with E-state index in [-0.39, 0.29) is 23.6 Å². The normalized spacial score (nSPS) is 11.8. The minimum absolute atomic E-state index is 0. The topological polar surface area (TPSA) is 108 Å². The molecule has 0 radical (unpaired) electrons. The molecular weight excluding hydrogens is 554 g/mol. The number of benzene rings is 2. The van der Waals surface area contributed by atoms with Gasteiger partial charge in [0, 0.05) is 14.1 Å². The second kappa shape index (κ2) is 11.5. The molecule has 0 aliphatic rings. The molecule has 2 heterocycles. The van der Waals surface area contributed by atoms with E-state index in [0.717, 1.165) is 4.57 Å². The molecule has 0 saturated carbocycles. The summed E-state index contributed by atoms with van der Waals surface area (Å²) in [5, 5.41) is 11.5. The molecule has 11 heteroatoms. The lowest BCUT2D eigenvalue weighted by molar-refractivity contribution is -0.891. The number of aliphatic hydroxyl groups is 1. The maximum absolute atomic E-state index is 13.2. The Kier molecular flexibility index (Phi) is 8.75. The molecule has 1 N–H and O–H groups in total. The zero-order valence-electron chi connectivity index (χ0n) is 21.9. The van der Waals surface area contributed by atoms with Crippen molar-refractivity contribution in [2.24, 2.45) is 14.1 Å². The summed E-state index contributed by atoms with van der Waals surface area (Å²) in [6.07, 6.45) is 1.56. The molecule has 202 valence electrons. The van der Waals surface area contributed by atoms with Gasteiger partial charge in [0.2, 0.25) is 5.60 Å². The van der Waals surface area contributed by atoms with Crippen LogP contribution in [-0.2, 0) is 35.8 Å². The Bertz CT molecular complexity index is 1490. The van der Waals surface area contributed by atoms with Gasteiger partial charge in [0.15, 0.2) is 11.2 Å². The van der Waals surface area contributed by atoms with Crippen LogP contribution in [0.15, 0.2) is 76.6 Å². The third-order valence-electron chi connectivity index (χ3n) is 6.77. The summed E-state index contributed by atoms with van der Waals surface area (Å²) < 4.78 is 10.3. The molecule has 0 amide bonds. The molecule has 10 nitrogen and oxygen atoms in total. The Morgan fingerprint density at radius 1 is 0.947 bits per heavy atom. The molecule has 2 aromatic carbocycles. The number of esters is 1. The first-order valence-corrected chi connectivity index (χ1v) is 12.0. The minimum atomic E-state index is -1.93. The van der Waals surface area contributed by atoms with E-state index in [4.69, 9.17) is 4.74 Å². The van der Waals surface area contributed by atoms with E-state index < -0.39 is 22.8 Å². The first kappa shape index (κ1) is 29.0. The second-order valence-corrected chi connectivity index (χ2v) is 9.78. The summed E-state index contributed by atoms with van der Waals surface area (Å²) >= 11 is 0. The number of imidazole rings is 1. The highest BCUT2D eigenvalue weighted by Gasteiger charge is 2.41. The SMILES string of the molecule is Cn1c(=O)c2c(ncn2CC[N+](C)(C)CCOC(=O)C(O)(c2ccccc2)c2ccccc2)n(C)c1=O.[Br-]. The molecule has 0 unspecified atom stereocenters. The van der Waals surface area contributed by atoms with Crippen LogP contribution in [0, 0.1) is 0 Å². The van der Waals surface area contributed by atoms with Crippen molar-refractivity contribution in [3.63, 3.8) is 0 Å². The van der Waals surface area contributed by atoms with Crippen LogP contribution >= 0.6 is 0 Å². The zero-order chi connectivity index (χ0) is 26.8. The molecule has 2 aromatic heterocycles. The average molecular weight is 586 g/mol. The fourth-order valence-corrected chi connectivity index (χ4v) is 4.31. The molecule has 0 spiro atoms. The van der Waals surface area contributed by atoms with Crippen LogP contribution in [-0.4, -0.2) is 68.0 Å².